The minimum absolute atomic E-state index is 0.114. The van der Waals surface area contributed by atoms with E-state index in [0.29, 0.717) is 50.3 Å². The predicted molar refractivity (Wildman–Crippen MR) is 137 cm³/mol. The third kappa shape index (κ3) is 5.79. The molecule has 1 fully saturated rings. The zero-order valence-corrected chi connectivity index (χ0v) is 20.7. The lowest BCUT2D eigenvalue weighted by atomic mass is 10.0. The zero-order chi connectivity index (χ0) is 24.7. The fourth-order valence-electron chi connectivity index (χ4n) is 5.01. The second-order valence-electron chi connectivity index (χ2n) is 9.38. The Hall–Kier alpha value is -3.58. The van der Waals surface area contributed by atoms with Crippen molar-refractivity contribution < 1.29 is 19.0 Å². The molecule has 1 aliphatic carbocycles. The predicted octanol–water partition coefficient (Wildman–Crippen LogP) is 4.56. The van der Waals surface area contributed by atoms with E-state index < -0.39 is 0 Å². The molecule has 0 spiro atoms. The molecular formula is C29H33N3O4. The van der Waals surface area contributed by atoms with E-state index in [4.69, 9.17) is 14.2 Å². The smallest absolute Gasteiger partial charge is 0.317 e. The fourth-order valence-corrected chi connectivity index (χ4v) is 5.01. The van der Waals surface area contributed by atoms with Crippen LogP contribution in [0, 0.1) is 5.92 Å². The van der Waals surface area contributed by atoms with Gasteiger partial charge in [-0.1, -0.05) is 36.4 Å². The molecule has 0 bridgehead atoms. The van der Waals surface area contributed by atoms with Gasteiger partial charge in [-0.05, 0) is 66.1 Å². The Balaban J connectivity index is 1.17. The largest absolute Gasteiger partial charge is 0.493 e. The molecule has 1 atom stereocenters. The van der Waals surface area contributed by atoms with Gasteiger partial charge in [0.15, 0.2) is 11.5 Å². The van der Waals surface area contributed by atoms with Crippen LogP contribution in [0.5, 0.6) is 11.5 Å². The minimum Gasteiger partial charge on any atom is -0.493 e. The normalized spacial score (nSPS) is 17.5. The molecule has 1 saturated heterocycles. The van der Waals surface area contributed by atoms with Crippen LogP contribution in [-0.4, -0.2) is 49.3 Å². The van der Waals surface area contributed by atoms with E-state index in [2.05, 4.69) is 34.6 Å². The molecule has 7 heteroatoms. The highest BCUT2D eigenvalue weighted by Gasteiger charge is 2.26. The molecule has 7 nitrogen and oxygen atoms in total. The van der Waals surface area contributed by atoms with Crippen LogP contribution in [0.3, 0.4) is 0 Å². The molecular weight excluding hydrogens is 454 g/mol. The van der Waals surface area contributed by atoms with E-state index in [1.54, 1.807) is 18.2 Å². The summed E-state index contributed by atoms with van der Waals surface area (Å²) in [5.74, 6) is 2.02. The number of benzene rings is 2. The molecule has 0 saturated carbocycles. The summed E-state index contributed by atoms with van der Waals surface area (Å²) in [4.78, 5) is 18.8. The number of rotatable bonds is 8. The number of methoxy groups -OCH3 is 1. The van der Waals surface area contributed by atoms with Crippen LogP contribution in [-0.2, 0) is 24.1 Å². The van der Waals surface area contributed by atoms with Gasteiger partial charge in [-0.25, -0.2) is 4.79 Å². The van der Waals surface area contributed by atoms with E-state index in [1.165, 1.54) is 11.1 Å². The Labute approximate surface area is 212 Å². The molecule has 1 unspecified atom stereocenters. The van der Waals surface area contributed by atoms with E-state index in [0.717, 1.165) is 30.5 Å². The molecule has 188 valence electrons. The summed E-state index contributed by atoms with van der Waals surface area (Å²) in [6.45, 7) is 2.53. The summed E-state index contributed by atoms with van der Waals surface area (Å²) in [5, 5.41) is 2.96. The number of hydrogen-bond acceptors (Lipinski definition) is 5. The van der Waals surface area contributed by atoms with Gasteiger partial charge in [-0.2, -0.15) is 0 Å². The number of ether oxygens (including phenoxy) is 3. The third-order valence-electron chi connectivity index (χ3n) is 6.98. The van der Waals surface area contributed by atoms with Gasteiger partial charge in [0, 0.05) is 12.7 Å². The van der Waals surface area contributed by atoms with Crippen LogP contribution in [0.1, 0.15) is 34.9 Å². The summed E-state index contributed by atoms with van der Waals surface area (Å²) >= 11 is 0. The molecule has 2 aromatic carbocycles. The number of carbonyl (C=O) groups excluding carboxylic acids is 1. The van der Waals surface area contributed by atoms with Crippen LogP contribution in [0.2, 0.25) is 0 Å². The molecule has 36 heavy (non-hydrogen) atoms. The topological polar surface area (TPSA) is 72.9 Å². The Morgan fingerprint density at radius 2 is 1.89 bits per heavy atom. The number of urea groups is 1. The summed E-state index contributed by atoms with van der Waals surface area (Å²) in [6, 6.07) is 20.1. The van der Waals surface area contributed by atoms with Gasteiger partial charge < -0.3 is 24.4 Å². The maximum Gasteiger partial charge on any atom is 0.317 e. The van der Waals surface area contributed by atoms with Crippen molar-refractivity contribution in [3.63, 3.8) is 0 Å². The van der Waals surface area contributed by atoms with Crippen molar-refractivity contribution >= 4 is 6.03 Å². The average Bonchev–Trinajstić information content (AvgIpc) is 3.35. The number of morpholine rings is 1. The lowest BCUT2D eigenvalue weighted by Gasteiger charge is -2.33. The first kappa shape index (κ1) is 24.1. The highest BCUT2D eigenvalue weighted by Crippen LogP contribution is 2.34. The van der Waals surface area contributed by atoms with Crippen molar-refractivity contribution in [3.05, 3.63) is 89.2 Å². The first-order valence-corrected chi connectivity index (χ1v) is 12.6. The number of fused-ring (bicyclic) bond motifs is 1. The average molecular weight is 488 g/mol. The van der Waals surface area contributed by atoms with Gasteiger partial charge in [-0.15, -0.1) is 0 Å². The van der Waals surface area contributed by atoms with Crippen molar-refractivity contribution in [3.8, 4) is 11.5 Å². The molecule has 3 aromatic rings. The summed E-state index contributed by atoms with van der Waals surface area (Å²) in [6.07, 6.45) is 4.72. The lowest BCUT2D eigenvalue weighted by Crippen LogP contribution is -2.47. The first-order valence-electron chi connectivity index (χ1n) is 12.6. The standard InChI is InChI=1S/C29H33N3O4/c1-34-26-10-9-24(18-27(26)35-14-11-21-16-22-6-2-3-7-23(22)17-21)28-20-32(13-15-36-28)29(33)31-19-25-8-4-5-12-30-25/h2-10,12,18,21,28H,11,13-17,19-20H2,1H3,(H,31,33). The van der Waals surface area contributed by atoms with E-state index in [9.17, 15) is 4.79 Å². The van der Waals surface area contributed by atoms with Crippen LogP contribution < -0.4 is 14.8 Å². The summed E-state index contributed by atoms with van der Waals surface area (Å²) in [7, 11) is 1.65. The second-order valence-corrected chi connectivity index (χ2v) is 9.38. The third-order valence-corrected chi connectivity index (χ3v) is 6.98. The van der Waals surface area contributed by atoms with E-state index in [1.807, 2.05) is 36.4 Å². The maximum absolute atomic E-state index is 12.8. The molecule has 2 aliphatic rings. The van der Waals surface area contributed by atoms with Crippen LogP contribution in [0.25, 0.3) is 0 Å². The summed E-state index contributed by atoms with van der Waals surface area (Å²) in [5.41, 5.74) is 4.73. The van der Waals surface area contributed by atoms with Crippen molar-refractivity contribution in [1.29, 1.82) is 0 Å². The zero-order valence-electron chi connectivity index (χ0n) is 20.7. The number of carbonyl (C=O) groups is 1. The molecule has 5 rings (SSSR count). The minimum atomic E-state index is -0.225. The SMILES string of the molecule is COc1ccc(C2CN(C(=O)NCc3ccccn3)CCO2)cc1OCCC1Cc2ccccc2C1. The van der Waals surface area contributed by atoms with Gasteiger partial charge in [0.2, 0.25) is 0 Å². The van der Waals surface area contributed by atoms with Crippen molar-refractivity contribution in [2.24, 2.45) is 5.92 Å². The molecule has 2 heterocycles. The molecule has 0 radical (unpaired) electrons. The van der Waals surface area contributed by atoms with Gasteiger partial charge in [0.25, 0.3) is 0 Å². The monoisotopic (exact) mass is 487 g/mol. The molecule has 1 aromatic heterocycles. The van der Waals surface area contributed by atoms with E-state index in [-0.39, 0.29) is 12.1 Å². The first-order chi connectivity index (χ1) is 17.7. The molecule has 2 amide bonds. The van der Waals surface area contributed by atoms with Gasteiger partial charge in [0.05, 0.1) is 39.1 Å². The second kappa shape index (κ2) is 11.4. The number of pyridine rings is 1. The van der Waals surface area contributed by atoms with Gasteiger partial charge >= 0.3 is 6.03 Å². The Morgan fingerprint density at radius 1 is 1.08 bits per heavy atom. The number of nitrogens with zero attached hydrogens (tertiary/aromatic N) is 2. The maximum atomic E-state index is 12.8. The lowest BCUT2D eigenvalue weighted by molar-refractivity contribution is -0.0156. The van der Waals surface area contributed by atoms with Crippen LogP contribution >= 0.6 is 0 Å². The number of nitrogens with one attached hydrogen (secondary N) is 1. The number of hydrogen-bond donors (Lipinski definition) is 1. The van der Waals surface area contributed by atoms with Gasteiger partial charge in [0.1, 0.15) is 6.10 Å². The Morgan fingerprint density at radius 3 is 2.64 bits per heavy atom. The van der Waals surface area contributed by atoms with E-state index >= 15 is 0 Å². The van der Waals surface area contributed by atoms with Crippen LogP contribution in [0.4, 0.5) is 4.79 Å². The Bertz CT molecular complexity index is 1150. The number of amides is 2. The fraction of sp³-hybridized carbons (Fsp3) is 0.379. The molecule has 1 aliphatic heterocycles. The Kier molecular flexibility index (Phi) is 7.67. The highest BCUT2D eigenvalue weighted by molar-refractivity contribution is 5.74. The highest BCUT2D eigenvalue weighted by atomic mass is 16.5. The van der Waals surface area contributed by atoms with Crippen molar-refractivity contribution in [2.45, 2.75) is 31.9 Å². The number of aromatic nitrogens is 1. The van der Waals surface area contributed by atoms with Crippen LogP contribution in [0.15, 0.2) is 66.9 Å². The van der Waals surface area contributed by atoms with Crippen molar-refractivity contribution in [2.75, 3.05) is 33.4 Å². The quantitative estimate of drug-likeness (QED) is 0.504. The summed E-state index contributed by atoms with van der Waals surface area (Å²) < 4.78 is 17.8. The van der Waals surface area contributed by atoms with Gasteiger partial charge in [-0.3, -0.25) is 4.98 Å². The molecule has 1 N–H and O–H groups in total. The van der Waals surface area contributed by atoms with Crippen molar-refractivity contribution in [1.82, 2.24) is 15.2 Å².